The molecule has 0 aliphatic heterocycles. The van der Waals surface area contributed by atoms with Gasteiger partial charge >= 0.3 is 0 Å². The molecule has 6 aromatic carbocycles. The van der Waals surface area contributed by atoms with Gasteiger partial charge in [-0.1, -0.05) is 97.1 Å². The Morgan fingerprint density at radius 3 is 1.78 bits per heavy atom. The minimum atomic E-state index is 0.607. The molecule has 5 nitrogen and oxygen atoms in total. The number of aromatic nitrogens is 3. The summed E-state index contributed by atoms with van der Waals surface area (Å²) in [6.07, 6.45) is 0. The molecule has 0 saturated heterocycles. The number of anilines is 1. The molecule has 0 radical (unpaired) electrons. The van der Waals surface area contributed by atoms with Gasteiger partial charge in [-0.2, -0.15) is 0 Å². The molecule has 6 heteroatoms. The normalized spacial score (nSPS) is 11.6. The molecule has 0 saturated carbocycles. The molecule has 9 aromatic rings. The highest BCUT2D eigenvalue weighted by Crippen LogP contribution is 2.40. The number of furan rings is 1. The lowest BCUT2D eigenvalue weighted by molar-refractivity contribution is 0.669. The lowest BCUT2D eigenvalue weighted by atomic mass is 10.0. The zero-order chi connectivity index (χ0) is 29.9. The van der Waals surface area contributed by atoms with Gasteiger partial charge in [-0.05, 0) is 47.5 Å². The molecule has 212 valence electrons. The summed E-state index contributed by atoms with van der Waals surface area (Å²) in [6.45, 7) is 0. The second-order valence-electron chi connectivity index (χ2n) is 11.1. The second-order valence-corrected chi connectivity index (χ2v) is 12.2. The average molecular weight is 597 g/mol. The highest BCUT2D eigenvalue weighted by Gasteiger charge is 2.18. The van der Waals surface area contributed by atoms with E-state index in [0.29, 0.717) is 17.5 Å². The third-order valence-corrected chi connectivity index (χ3v) is 9.38. The molecule has 3 aromatic heterocycles. The number of benzene rings is 6. The summed E-state index contributed by atoms with van der Waals surface area (Å²) < 4.78 is 8.91. The Labute approximate surface area is 262 Å². The van der Waals surface area contributed by atoms with Crippen molar-refractivity contribution in [2.45, 2.75) is 0 Å². The highest BCUT2D eigenvalue weighted by molar-refractivity contribution is 7.25. The molecule has 0 bridgehead atoms. The van der Waals surface area contributed by atoms with Crippen LogP contribution in [0.25, 0.3) is 87.4 Å². The first-order valence-electron chi connectivity index (χ1n) is 14.7. The largest absolute Gasteiger partial charge is 0.456 e. The molecule has 45 heavy (non-hydrogen) atoms. The summed E-state index contributed by atoms with van der Waals surface area (Å²) in [6, 6.07) is 45.3. The van der Waals surface area contributed by atoms with Crippen LogP contribution in [-0.4, -0.2) is 15.0 Å². The minimum absolute atomic E-state index is 0.607. The molecule has 2 N–H and O–H groups in total. The predicted molar refractivity (Wildman–Crippen MR) is 186 cm³/mol. The maximum absolute atomic E-state index is 6.47. The van der Waals surface area contributed by atoms with Gasteiger partial charge in [0.15, 0.2) is 17.5 Å². The van der Waals surface area contributed by atoms with Crippen LogP contribution in [0.1, 0.15) is 0 Å². The first-order valence-corrected chi connectivity index (χ1v) is 15.5. The molecular weight excluding hydrogens is 573 g/mol. The van der Waals surface area contributed by atoms with E-state index >= 15 is 0 Å². The van der Waals surface area contributed by atoms with Crippen molar-refractivity contribution in [1.82, 2.24) is 15.0 Å². The van der Waals surface area contributed by atoms with Crippen LogP contribution in [-0.2, 0) is 0 Å². The Kier molecular flexibility index (Phi) is 5.76. The Morgan fingerprint density at radius 2 is 1.07 bits per heavy atom. The van der Waals surface area contributed by atoms with Crippen LogP contribution in [0, 0.1) is 0 Å². The Balaban J connectivity index is 1.20. The lowest BCUT2D eigenvalue weighted by Gasteiger charge is -2.09. The zero-order valence-corrected chi connectivity index (χ0v) is 24.8. The quantitative estimate of drug-likeness (QED) is 0.205. The van der Waals surface area contributed by atoms with Crippen molar-refractivity contribution in [3.05, 3.63) is 133 Å². The summed E-state index contributed by atoms with van der Waals surface area (Å²) in [5.74, 6) is 1.87. The third kappa shape index (κ3) is 4.34. The number of thiophene rings is 1. The van der Waals surface area contributed by atoms with Crippen molar-refractivity contribution in [1.29, 1.82) is 0 Å². The van der Waals surface area contributed by atoms with Crippen molar-refractivity contribution in [2.75, 3.05) is 5.73 Å². The fourth-order valence-electron chi connectivity index (χ4n) is 6.09. The second kappa shape index (κ2) is 10.1. The predicted octanol–water partition coefficient (Wildman–Crippen LogP) is 10.4. The zero-order valence-electron chi connectivity index (χ0n) is 23.9. The van der Waals surface area contributed by atoms with E-state index in [1.165, 1.54) is 20.2 Å². The summed E-state index contributed by atoms with van der Waals surface area (Å²) >= 11 is 1.77. The number of fused-ring (bicyclic) bond motifs is 6. The Hall–Kier alpha value is -5.85. The number of nitrogens with zero attached hydrogens (tertiary/aromatic N) is 3. The maximum atomic E-state index is 6.47. The minimum Gasteiger partial charge on any atom is -0.456 e. The number of rotatable bonds is 4. The van der Waals surface area contributed by atoms with Crippen molar-refractivity contribution in [3.8, 4) is 45.3 Å². The van der Waals surface area contributed by atoms with Crippen molar-refractivity contribution < 1.29 is 4.42 Å². The van der Waals surface area contributed by atoms with Crippen LogP contribution in [0.5, 0.6) is 0 Å². The van der Waals surface area contributed by atoms with Gasteiger partial charge in [-0.25, -0.2) is 15.0 Å². The molecule has 0 amide bonds. The molecule has 0 unspecified atom stereocenters. The van der Waals surface area contributed by atoms with Gasteiger partial charge in [0.25, 0.3) is 0 Å². The van der Waals surface area contributed by atoms with E-state index < -0.39 is 0 Å². The van der Waals surface area contributed by atoms with E-state index in [9.17, 15) is 0 Å². The lowest BCUT2D eigenvalue weighted by Crippen LogP contribution is -2.00. The third-order valence-electron chi connectivity index (χ3n) is 8.27. The standard InChI is InChI=1S/C39H24N4OS/c40-27-16-19-29-28-17-14-26(21-34(28)45-35(29)22-27)25-15-18-30-33(20-25)44-32-13-7-12-31(36(30)32)39-42-37(23-8-3-1-4-9-23)41-38(43-39)24-10-5-2-6-11-24/h1-22H,40H2. The van der Waals surface area contributed by atoms with Crippen LogP contribution in [0.3, 0.4) is 0 Å². The van der Waals surface area contributed by atoms with E-state index in [1.807, 2.05) is 78.9 Å². The number of nitrogens with two attached hydrogens (primary N) is 1. The van der Waals surface area contributed by atoms with Crippen molar-refractivity contribution in [2.24, 2.45) is 0 Å². The van der Waals surface area contributed by atoms with Crippen LogP contribution < -0.4 is 5.73 Å². The van der Waals surface area contributed by atoms with Gasteiger partial charge in [0.1, 0.15) is 11.2 Å². The van der Waals surface area contributed by atoms with Gasteiger partial charge in [0.05, 0.1) is 0 Å². The monoisotopic (exact) mass is 596 g/mol. The van der Waals surface area contributed by atoms with Crippen LogP contribution >= 0.6 is 11.3 Å². The first-order chi connectivity index (χ1) is 22.2. The number of hydrogen-bond acceptors (Lipinski definition) is 6. The van der Waals surface area contributed by atoms with Gasteiger partial charge in [-0.3, -0.25) is 0 Å². The van der Waals surface area contributed by atoms with Gasteiger partial charge in [0, 0.05) is 53.3 Å². The summed E-state index contributed by atoms with van der Waals surface area (Å²) in [4.78, 5) is 14.8. The summed E-state index contributed by atoms with van der Waals surface area (Å²) in [5.41, 5.74) is 13.5. The fourth-order valence-corrected chi connectivity index (χ4v) is 7.29. The van der Waals surface area contributed by atoms with Crippen molar-refractivity contribution >= 4 is 59.1 Å². The molecular formula is C39H24N4OS. The van der Waals surface area contributed by atoms with Gasteiger partial charge < -0.3 is 10.2 Å². The fraction of sp³-hybridized carbons (Fsp3) is 0. The topological polar surface area (TPSA) is 77.8 Å². The smallest absolute Gasteiger partial charge is 0.164 e. The Morgan fingerprint density at radius 1 is 0.467 bits per heavy atom. The summed E-state index contributed by atoms with van der Waals surface area (Å²) in [7, 11) is 0. The summed E-state index contributed by atoms with van der Waals surface area (Å²) in [5, 5.41) is 4.49. The molecule has 9 rings (SSSR count). The van der Waals surface area contributed by atoms with Crippen LogP contribution in [0.2, 0.25) is 0 Å². The molecule has 3 heterocycles. The molecule has 0 aliphatic rings. The van der Waals surface area contributed by atoms with E-state index in [1.54, 1.807) is 11.3 Å². The Bertz CT molecular complexity index is 2500. The first kappa shape index (κ1) is 25.6. The van der Waals surface area contributed by atoms with Crippen molar-refractivity contribution in [3.63, 3.8) is 0 Å². The van der Waals surface area contributed by atoms with Gasteiger partial charge in [-0.15, -0.1) is 11.3 Å². The molecule has 0 atom stereocenters. The highest BCUT2D eigenvalue weighted by atomic mass is 32.1. The van der Waals surface area contributed by atoms with E-state index in [-0.39, 0.29) is 0 Å². The molecule has 0 aliphatic carbocycles. The van der Waals surface area contributed by atoms with E-state index in [4.69, 9.17) is 25.1 Å². The maximum Gasteiger partial charge on any atom is 0.164 e. The van der Waals surface area contributed by atoms with Crippen LogP contribution in [0.4, 0.5) is 5.69 Å². The molecule has 0 spiro atoms. The van der Waals surface area contributed by atoms with E-state index in [2.05, 4.69) is 54.6 Å². The van der Waals surface area contributed by atoms with E-state index in [0.717, 1.165) is 55.4 Å². The molecule has 0 fully saturated rings. The number of hydrogen-bond donors (Lipinski definition) is 1. The average Bonchev–Trinajstić information content (AvgIpc) is 3.65. The number of nitrogen functional groups attached to an aromatic ring is 1. The van der Waals surface area contributed by atoms with Crippen LogP contribution in [0.15, 0.2) is 138 Å². The van der Waals surface area contributed by atoms with Gasteiger partial charge in [0.2, 0.25) is 0 Å². The SMILES string of the molecule is Nc1ccc2c(c1)sc1cc(-c3ccc4c(c3)oc3cccc(-c5nc(-c6ccccc6)nc(-c6ccccc6)n5)c34)ccc12.